The van der Waals surface area contributed by atoms with Crippen LogP contribution in [0.5, 0.6) is 0 Å². The molecule has 2 heterocycles. The first-order chi connectivity index (χ1) is 22.9. The summed E-state index contributed by atoms with van der Waals surface area (Å²) in [5.74, 6) is -0.361. The minimum Gasteiger partial charge on any atom is -0.330 e. The van der Waals surface area contributed by atoms with Crippen molar-refractivity contribution in [3.8, 4) is 0 Å². The van der Waals surface area contributed by atoms with Crippen LogP contribution in [-0.4, -0.2) is 58.6 Å². The molecule has 4 amide bonds. The van der Waals surface area contributed by atoms with Crippen molar-refractivity contribution < 1.29 is 19.2 Å². The van der Waals surface area contributed by atoms with Gasteiger partial charge in [0.15, 0.2) is 0 Å². The van der Waals surface area contributed by atoms with E-state index in [0.717, 1.165) is 35.1 Å². The van der Waals surface area contributed by atoms with Gasteiger partial charge in [-0.25, -0.2) is 0 Å². The molecular formula is C39H40N4O4. The third kappa shape index (κ3) is 8.14. The first kappa shape index (κ1) is 31.7. The van der Waals surface area contributed by atoms with Gasteiger partial charge < -0.3 is 20.4 Å². The summed E-state index contributed by atoms with van der Waals surface area (Å²) in [4.78, 5) is 55.5. The lowest BCUT2D eigenvalue weighted by Crippen LogP contribution is -2.43. The summed E-state index contributed by atoms with van der Waals surface area (Å²) in [6, 6.07) is 33.8. The van der Waals surface area contributed by atoms with E-state index in [4.69, 9.17) is 0 Å². The number of benzene rings is 4. The Morgan fingerprint density at radius 1 is 0.511 bits per heavy atom. The summed E-state index contributed by atoms with van der Waals surface area (Å²) in [5.41, 5.74) is 5.45. The van der Waals surface area contributed by atoms with Gasteiger partial charge in [-0.15, -0.1) is 0 Å². The van der Waals surface area contributed by atoms with Crippen molar-refractivity contribution >= 4 is 35.0 Å². The summed E-state index contributed by atoms with van der Waals surface area (Å²) in [6.07, 6.45) is 4.22. The highest BCUT2D eigenvalue weighted by molar-refractivity contribution is 5.98. The first-order valence-electron chi connectivity index (χ1n) is 16.4. The Morgan fingerprint density at radius 3 is 1.28 bits per heavy atom. The highest BCUT2D eigenvalue weighted by Crippen LogP contribution is 2.23. The Morgan fingerprint density at radius 2 is 0.894 bits per heavy atom. The van der Waals surface area contributed by atoms with Crippen molar-refractivity contribution in [3.05, 3.63) is 131 Å². The normalized spacial score (nSPS) is 17.4. The molecule has 4 aromatic carbocycles. The Kier molecular flexibility index (Phi) is 10.1. The van der Waals surface area contributed by atoms with Crippen LogP contribution in [0.15, 0.2) is 109 Å². The van der Waals surface area contributed by atoms with Gasteiger partial charge in [0.25, 0.3) is 0 Å². The number of nitrogens with zero attached hydrogens (tertiary/aromatic N) is 2. The van der Waals surface area contributed by atoms with Gasteiger partial charge in [0.2, 0.25) is 23.6 Å². The number of carbonyl (C=O) groups excluding carboxylic acids is 4. The number of rotatable bonds is 10. The lowest BCUT2D eigenvalue weighted by atomic mass is 10.0. The number of carbonyl (C=O) groups is 4. The zero-order valence-electron chi connectivity index (χ0n) is 26.4. The Bertz CT molecular complexity index is 1560. The highest BCUT2D eigenvalue weighted by atomic mass is 16.2. The van der Waals surface area contributed by atoms with E-state index in [1.54, 1.807) is 9.80 Å². The smallest absolute Gasteiger partial charge is 0.247 e. The van der Waals surface area contributed by atoms with Crippen LogP contribution >= 0.6 is 0 Å². The Labute approximate surface area is 275 Å². The average Bonchev–Trinajstić information content (AvgIpc) is 3.79. The van der Waals surface area contributed by atoms with E-state index >= 15 is 0 Å². The van der Waals surface area contributed by atoms with Crippen LogP contribution in [0.2, 0.25) is 0 Å². The molecule has 6 rings (SSSR count). The Hall–Kier alpha value is -5.24. The number of hydrogen-bond acceptors (Lipinski definition) is 4. The Balaban J connectivity index is 0.986. The van der Waals surface area contributed by atoms with Crippen LogP contribution in [-0.2, 0) is 38.4 Å². The fourth-order valence-electron chi connectivity index (χ4n) is 6.52. The first-order valence-corrected chi connectivity index (χ1v) is 16.4. The molecule has 8 heteroatoms. The van der Waals surface area contributed by atoms with E-state index in [1.807, 2.05) is 109 Å². The molecule has 2 fully saturated rings. The second-order valence-corrected chi connectivity index (χ2v) is 12.4. The SMILES string of the molecule is O=C(Nc1ccc(Cc2ccc(NC(=O)[C@@H]3CCCN3C(=O)Cc3ccccc3)cc2)cc1)[C@@H]1CCCN1C(=O)Cc1ccccc1. The zero-order chi connectivity index (χ0) is 32.6. The van der Waals surface area contributed by atoms with Crippen molar-refractivity contribution in [1.82, 2.24) is 9.80 Å². The van der Waals surface area contributed by atoms with E-state index in [-0.39, 0.29) is 23.6 Å². The van der Waals surface area contributed by atoms with Crippen molar-refractivity contribution in [2.24, 2.45) is 0 Å². The molecule has 240 valence electrons. The maximum Gasteiger partial charge on any atom is 0.247 e. The average molecular weight is 629 g/mol. The maximum absolute atomic E-state index is 13.1. The van der Waals surface area contributed by atoms with Crippen molar-refractivity contribution in [3.63, 3.8) is 0 Å². The molecule has 8 nitrogen and oxygen atoms in total. The molecule has 0 radical (unpaired) electrons. The third-order valence-electron chi connectivity index (χ3n) is 9.00. The summed E-state index contributed by atoms with van der Waals surface area (Å²) < 4.78 is 0. The maximum atomic E-state index is 13.1. The monoisotopic (exact) mass is 628 g/mol. The second kappa shape index (κ2) is 14.9. The van der Waals surface area contributed by atoms with E-state index in [0.29, 0.717) is 56.6 Å². The van der Waals surface area contributed by atoms with Gasteiger partial charge in [-0.2, -0.15) is 0 Å². The number of likely N-dealkylation sites (tertiary alicyclic amines) is 2. The second-order valence-electron chi connectivity index (χ2n) is 12.4. The topological polar surface area (TPSA) is 98.8 Å². The van der Waals surface area contributed by atoms with Gasteiger partial charge in [-0.3, -0.25) is 19.2 Å². The van der Waals surface area contributed by atoms with Gasteiger partial charge in [0.1, 0.15) is 12.1 Å². The van der Waals surface area contributed by atoms with Crippen LogP contribution < -0.4 is 10.6 Å². The number of amides is 4. The minimum absolute atomic E-state index is 0.0239. The number of hydrogen-bond donors (Lipinski definition) is 2. The molecule has 2 aliphatic rings. The lowest BCUT2D eigenvalue weighted by Gasteiger charge is -2.24. The van der Waals surface area contributed by atoms with Crippen LogP contribution in [0.4, 0.5) is 11.4 Å². The fourth-order valence-corrected chi connectivity index (χ4v) is 6.52. The molecule has 0 aliphatic carbocycles. The molecule has 2 saturated heterocycles. The lowest BCUT2D eigenvalue weighted by molar-refractivity contribution is -0.136. The van der Waals surface area contributed by atoms with Crippen LogP contribution in [0.25, 0.3) is 0 Å². The van der Waals surface area contributed by atoms with Crippen LogP contribution in [0, 0.1) is 0 Å². The summed E-state index contributed by atoms with van der Waals surface area (Å²) in [5, 5.41) is 5.99. The predicted octanol–water partition coefficient (Wildman–Crippen LogP) is 5.62. The van der Waals surface area contributed by atoms with Crippen LogP contribution in [0.1, 0.15) is 47.9 Å². The molecule has 4 aromatic rings. The van der Waals surface area contributed by atoms with E-state index in [2.05, 4.69) is 10.6 Å². The third-order valence-corrected chi connectivity index (χ3v) is 9.00. The highest BCUT2D eigenvalue weighted by Gasteiger charge is 2.35. The predicted molar refractivity (Wildman–Crippen MR) is 183 cm³/mol. The largest absolute Gasteiger partial charge is 0.330 e. The summed E-state index contributed by atoms with van der Waals surface area (Å²) in [6.45, 7) is 1.19. The quantitative estimate of drug-likeness (QED) is 0.238. The molecule has 47 heavy (non-hydrogen) atoms. The number of nitrogens with one attached hydrogen (secondary N) is 2. The molecule has 0 spiro atoms. The van der Waals surface area contributed by atoms with Gasteiger partial charge in [-0.05, 0) is 78.6 Å². The van der Waals surface area contributed by atoms with Gasteiger partial charge in [0, 0.05) is 24.5 Å². The summed E-state index contributed by atoms with van der Waals surface area (Å²) in [7, 11) is 0. The van der Waals surface area contributed by atoms with Gasteiger partial charge in [0.05, 0.1) is 12.8 Å². The zero-order valence-corrected chi connectivity index (χ0v) is 26.4. The standard InChI is InChI=1S/C39H40N4O4/c44-36(26-28-9-3-1-4-10-28)42-23-7-13-34(42)38(46)40-32-19-15-30(16-20-32)25-31-17-21-33(22-18-31)41-39(47)35-14-8-24-43(35)37(45)27-29-11-5-2-6-12-29/h1-6,9-12,15-22,34-35H,7-8,13-14,23-27H2,(H,40,46)(H,41,47)/t34-,35-/m0/s1. The van der Waals surface area contributed by atoms with Crippen molar-refractivity contribution in [2.45, 2.75) is 57.0 Å². The van der Waals surface area contributed by atoms with E-state index in [1.165, 1.54) is 0 Å². The van der Waals surface area contributed by atoms with Crippen molar-refractivity contribution in [2.75, 3.05) is 23.7 Å². The summed E-state index contributed by atoms with van der Waals surface area (Å²) >= 11 is 0. The molecular weight excluding hydrogens is 588 g/mol. The van der Waals surface area contributed by atoms with Gasteiger partial charge in [-0.1, -0.05) is 84.9 Å². The molecule has 2 N–H and O–H groups in total. The molecule has 0 unspecified atom stereocenters. The molecule has 2 aliphatic heterocycles. The fraction of sp³-hybridized carbons (Fsp3) is 0.282. The molecule has 0 aromatic heterocycles. The molecule has 0 saturated carbocycles. The van der Waals surface area contributed by atoms with E-state index < -0.39 is 12.1 Å². The number of anilines is 2. The molecule has 2 atom stereocenters. The van der Waals surface area contributed by atoms with Gasteiger partial charge >= 0.3 is 0 Å². The van der Waals surface area contributed by atoms with E-state index in [9.17, 15) is 19.2 Å². The minimum atomic E-state index is -0.462. The van der Waals surface area contributed by atoms with Crippen LogP contribution in [0.3, 0.4) is 0 Å². The van der Waals surface area contributed by atoms with Crippen molar-refractivity contribution in [1.29, 1.82) is 0 Å². The molecule has 0 bridgehead atoms.